The van der Waals surface area contributed by atoms with E-state index in [1.54, 1.807) is 6.07 Å². The van der Waals surface area contributed by atoms with Gasteiger partial charge in [-0.1, -0.05) is 19.8 Å². The number of benzene rings is 1. The molecule has 1 unspecified atom stereocenters. The number of anilines is 1. The molecule has 102 valence electrons. The van der Waals surface area contributed by atoms with E-state index < -0.39 is 5.82 Å². The zero-order chi connectivity index (χ0) is 13.4. The summed E-state index contributed by atoms with van der Waals surface area (Å²) in [5.74, 6) is 0.203. The van der Waals surface area contributed by atoms with Crippen LogP contribution in [0.5, 0.6) is 0 Å². The second-order valence-electron chi connectivity index (χ2n) is 4.41. The van der Waals surface area contributed by atoms with Crippen LogP contribution in [0.25, 0.3) is 10.9 Å². The molecular weight excluding hydrogens is 351 g/mol. The van der Waals surface area contributed by atoms with E-state index in [1.807, 2.05) is 0 Å². The number of piperazine rings is 1. The zero-order valence-electron chi connectivity index (χ0n) is 10.8. The van der Waals surface area contributed by atoms with Crippen molar-refractivity contribution in [1.29, 1.82) is 0 Å². The molecule has 1 aliphatic rings. The maximum atomic E-state index is 13.8. The van der Waals surface area contributed by atoms with Crippen molar-refractivity contribution in [3.63, 3.8) is 0 Å². The molecule has 1 atom stereocenters. The van der Waals surface area contributed by atoms with Gasteiger partial charge in [-0.05, 0) is 5.52 Å². The van der Waals surface area contributed by atoms with Gasteiger partial charge in [0.15, 0.2) is 0 Å². The second-order valence-corrected chi connectivity index (χ2v) is 5.55. The van der Waals surface area contributed by atoms with Gasteiger partial charge in [0.2, 0.25) is 0 Å². The van der Waals surface area contributed by atoms with Gasteiger partial charge in [0.05, 0.1) is 0 Å². The summed E-state index contributed by atoms with van der Waals surface area (Å²) >= 11 is 5.88. The Bertz CT molecular complexity index is 622. The fourth-order valence-corrected chi connectivity index (χ4v) is 2.63. The second kappa shape index (κ2) is 6.57. The van der Waals surface area contributed by atoms with E-state index in [4.69, 9.17) is 11.6 Å². The largest absolute Gasteiger partial charge is 0.355 e. The van der Waals surface area contributed by atoms with Gasteiger partial charge < -0.3 is 4.90 Å². The zero-order valence-corrected chi connectivity index (χ0v) is 15.7. The molecule has 0 radical (unpaired) electrons. The number of hydrogen-bond donors (Lipinski definition) is 0. The minimum absolute atomic E-state index is 0. The molecular formula is C12H12ClFN4PZn-. The van der Waals surface area contributed by atoms with Crippen molar-refractivity contribution in [2.75, 3.05) is 31.1 Å². The molecule has 0 amide bonds. The topological polar surface area (TPSA) is 32.3 Å². The van der Waals surface area contributed by atoms with Crippen LogP contribution in [0.1, 0.15) is 0 Å². The number of hydrogen-bond acceptors (Lipinski definition) is 4. The maximum Gasteiger partial charge on any atom is 0.115 e. The molecule has 0 spiro atoms. The van der Waals surface area contributed by atoms with Crippen molar-refractivity contribution >= 4 is 37.7 Å². The Morgan fingerprint density at radius 3 is 2.65 bits per heavy atom. The first-order chi connectivity index (χ1) is 9.15. The summed E-state index contributed by atoms with van der Waals surface area (Å²) in [7, 11) is 2.69. The van der Waals surface area contributed by atoms with Crippen LogP contribution in [-0.4, -0.2) is 40.8 Å². The van der Waals surface area contributed by atoms with Crippen molar-refractivity contribution < 1.29 is 23.9 Å². The third kappa shape index (κ3) is 3.09. The summed E-state index contributed by atoms with van der Waals surface area (Å²) in [5.41, 5.74) is 0.266. The smallest absolute Gasteiger partial charge is 0.115 e. The van der Waals surface area contributed by atoms with Gasteiger partial charge in [0.1, 0.15) is 12.1 Å². The van der Waals surface area contributed by atoms with Crippen LogP contribution in [0.4, 0.5) is 10.2 Å². The SMILES string of the molecule is Fc1[c-]c(Cl)cc2c(N3CCN(P)CC3)ncnc12.[Zn]. The average molecular weight is 363 g/mol. The fraction of sp³-hybridized carbons (Fsp3) is 0.333. The van der Waals surface area contributed by atoms with Crippen LogP contribution in [-0.2, 0) is 19.5 Å². The normalized spacial score (nSPS) is 16.2. The minimum atomic E-state index is -0.532. The van der Waals surface area contributed by atoms with Crippen molar-refractivity contribution in [3.8, 4) is 0 Å². The molecule has 1 saturated heterocycles. The Morgan fingerprint density at radius 2 is 1.95 bits per heavy atom. The summed E-state index contributed by atoms with van der Waals surface area (Å²) in [4.78, 5) is 10.4. The summed E-state index contributed by atoms with van der Waals surface area (Å²) in [5, 5.41) is 0.881. The summed E-state index contributed by atoms with van der Waals surface area (Å²) in [6.07, 6.45) is 1.38. The van der Waals surface area contributed by atoms with E-state index in [0.29, 0.717) is 5.39 Å². The van der Waals surface area contributed by atoms with Crippen LogP contribution in [0.2, 0.25) is 5.02 Å². The van der Waals surface area contributed by atoms with Gasteiger partial charge >= 0.3 is 0 Å². The molecule has 4 nitrogen and oxygen atoms in total. The van der Waals surface area contributed by atoms with E-state index in [9.17, 15) is 4.39 Å². The first-order valence-corrected chi connectivity index (χ1v) is 6.81. The van der Waals surface area contributed by atoms with Crippen LogP contribution in [0.3, 0.4) is 0 Å². The van der Waals surface area contributed by atoms with Crippen molar-refractivity contribution in [1.82, 2.24) is 14.6 Å². The number of aromatic nitrogens is 2. The predicted octanol–water partition coefficient (Wildman–Crippen LogP) is 2.13. The molecule has 3 rings (SSSR count). The number of fused-ring (bicyclic) bond motifs is 1. The Morgan fingerprint density at radius 1 is 1.25 bits per heavy atom. The average Bonchev–Trinajstić information content (AvgIpc) is 2.39. The Hall–Kier alpha value is -0.407. The van der Waals surface area contributed by atoms with Gasteiger partial charge in [0, 0.05) is 51.5 Å². The van der Waals surface area contributed by atoms with Crippen LogP contribution in [0.15, 0.2) is 12.4 Å². The van der Waals surface area contributed by atoms with Gasteiger partial charge in [0.25, 0.3) is 0 Å². The third-order valence-corrected chi connectivity index (χ3v) is 3.90. The first kappa shape index (κ1) is 16.0. The van der Waals surface area contributed by atoms with Crippen LogP contribution < -0.4 is 4.90 Å². The molecule has 20 heavy (non-hydrogen) atoms. The Labute approximate surface area is 136 Å². The summed E-state index contributed by atoms with van der Waals surface area (Å²) in [6, 6.07) is 4.10. The minimum Gasteiger partial charge on any atom is -0.355 e. The summed E-state index contributed by atoms with van der Waals surface area (Å²) < 4.78 is 16.0. The van der Waals surface area contributed by atoms with Crippen molar-refractivity contribution in [2.45, 2.75) is 0 Å². The molecule has 2 heterocycles. The van der Waals surface area contributed by atoms with E-state index in [0.717, 1.165) is 32.0 Å². The number of nitrogens with zero attached hydrogens (tertiary/aromatic N) is 4. The van der Waals surface area contributed by atoms with E-state index in [1.165, 1.54) is 6.33 Å². The Balaban J connectivity index is 0.00000147. The number of halogens is 2. The molecule has 2 aromatic rings. The molecule has 0 bridgehead atoms. The van der Waals surface area contributed by atoms with Crippen LogP contribution in [0, 0.1) is 11.9 Å². The molecule has 0 aliphatic carbocycles. The molecule has 1 aromatic heterocycles. The predicted molar refractivity (Wildman–Crippen MR) is 76.8 cm³/mol. The van der Waals surface area contributed by atoms with Crippen LogP contribution >= 0.6 is 21.0 Å². The molecule has 8 heteroatoms. The van der Waals surface area contributed by atoms with Crippen molar-refractivity contribution in [2.24, 2.45) is 0 Å². The van der Waals surface area contributed by atoms with Crippen molar-refractivity contribution in [3.05, 3.63) is 29.3 Å². The molecule has 0 N–H and O–H groups in total. The van der Waals surface area contributed by atoms with Gasteiger partial charge in [-0.3, -0.25) is 9.65 Å². The van der Waals surface area contributed by atoms with Gasteiger partial charge in [-0.2, -0.15) is 0 Å². The van der Waals surface area contributed by atoms with Gasteiger partial charge in [-0.25, -0.2) is 9.37 Å². The Kier molecular flexibility index (Phi) is 5.25. The quantitative estimate of drug-likeness (QED) is 0.442. The van der Waals surface area contributed by atoms with E-state index in [-0.39, 0.29) is 30.0 Å². The number of rotatable bonds is 1. The third-order valence-electron chi connectivity index (χ3n) is 3.18. The molecule has 0 saturated carbocycles. The van der Waals surface area contributed by atoms with Gasteiger partial charge in [-0.15, -0.1) is 23.7 Å². The van der Waals surface area contributed by atoms with E-state index >= 15 is 0 Å². The molecule has 1 aromatic carbocycles. The standard InChI is InChI=1S/C12H12ClFN4P.Zn/c13-8-5-9-11(10(14)6-8)15-7-16-12(9)17-1-3-18(19)4-2-17;/h5,7H,1-4,19H2;/q-1;. The molecule has 1 aliphatic heterocycles. The summed E-state index contributed by atoms with van der Waals surface area (Å²) in [6.45, 7) is 3.53. The molecule has 1 fully saturated rings. The maximum absolute atomic E-state index is 13.8. The fourth-order valence-electron chi connectivity index (χ4n) is 2.21. The first-order valence-electron chi connectivity index (χ1n) is 5.92. The van der Waals surface area contributed by atoms with E-state index in [2.05, 4.69) is 35.0 Å². The monoisotopic (exact) mass is 361 g/mol.